The number of methoxy groups -OCH3 is 2. The quantitative estimate of drug-likeness (QED) is 0.163. The molecule has 212 valence electrons. The summed E-state index contributed by atoms with van der Waals surface area (Å²) >= 11 is 0. The van der Waals surface area contributed by atoms with Crippen LogP contribution in [0.1, 0.15) is 42.9 Å². The molecule has 0 saturated carbocycles. The second-order valence-corrected chi connectivity index (χ2v) is 9.20. The van der Waals surface area contributed by atoms with Gasteiger partial charge in [-0.2, -0.15) is 0 Å². The van der Waals surface area contributed by atoms with Gasteiger partial charge in [0.25, 0.3) is 0 Å². The van der Waals surface area contributed by atoms with Crippen molar-refractivity contribution in [2.75, 3.05) is 20.8 Å². The van der Waals surface area contributed by atoms with E-state index in [0.717, 1.165) is 34.6 Å². The van der Waals surface area contributed by atoms with Crippen molar-refractivity contribution in [2.45, 2.75) is 44.0 Å². The highest BCUT2D eigenvalue weighted by Gasteiger charge is 2.37. The molecule has 2 N–H and O–H groups in total. The Kier molecular flexibility index (Phi) is 12.8. The highest BCUT2D eigenvalue weighted by molar-refractivity contribution is 5.49. The highest BCUT2D eigenvalue weighted by Crippen LogP contribution is 2.41. The molecule has 0 fully saturated rings. The summed E-state index contributed by atoms with van der Waals surface area (Å²) in [5.41, 5.74) is 1.84. The SMILES string of the molecule is CC/C=C\C[C@H](O)C#C/C=C/C#C[C@@H](O)CCOC(c1ccccc1)(c1ccc(OC)cc1)c1ccc(OC)cc1. The molecule has 0 aliphatic rings. The van der Waals surface area contributed by atoms with E-state index in [1.54, 1.807) is 26.4 Å². The lowest BCUT2D eigenvalue weighted by Gasteiger charge is -2.36. The smallest absolute Gasteiger partial charge is 0.143 e. The Hall–Kier alpha value is -4.26. The Balaban J connectivity index is 1.80. The zero-order chi connectivity index (χ0) is 29.3. The van der Waals surface area contributed by atoms with Crippen LogP contribution < -0.4 is 9.47 Å². The maximum Gasteiger partial charge on any atom is 0.143 e. The molecule has 0 saturated heterocycles. The maximum absolute atomic E-state index is 10.6. The fraction of sp³-hybridized carbons (Fsp3) is 0.278. The largest absolute Gasteiger partial charge is 0.497 e. The van der Waals surface area contributed by atoms with Crippen molar-refractivity contribution < 1.29 is 24.4 Å². The number of aliphatic hydroxyl groups excluding tert-OH is 2. The zero-order valence-electron chi connectivity index (χ0n) is 23.9. The molecular formula is C36H38O5. The van der Waals surface area contributed by atoms with Gasteiger partial charge < -0.3 is 24.4 Å². The molecular weight excluding hydrogens is 512 g/mol. The van der Waals surface area contributed by atoms with Crippen LogP contribution in [0.5, 0.6) is 11.5 Å². The van der Waals surface area contributed by atoms with E-state index in [9.17, 15) is 10.2 Å². The Bertz CT molecular complexity index is 1320. The summed E-state index contributed by atoms with van der Waals surface area (Å²) in [4.78, 5) is 0. The number of allylic oxidation sites excluding steroid dienone is 3. The summed E-state index contributed by atoms with van der Waals surface area (Å²) in [6.45, 7) is 2.28. The van der Waals surface area contributed by atoms with Crippen LogP contribution in [0.3, 0.4) is 0 Å². The summed E-state index contributed by atoms with van der Waals surface area (Å²) in [5, 5.41) is 20.4. The van der Waals surface area contributed by atoms with Crippen molar-refractivity contribution in [3.05, 3.63) is 120 Å². The van der Waals surface area contributed by atoms with Gasteiger partial charge in [0.1, 0.15) is 29.3 Å². The van der Waals surface area contributed by atoms with E-state index in [1.165, 1.54) is 0 Å². The van der Waals surface area contributed by atoms with Crippen LogP contribution >= 0.6 is 0 Å². The topological polar surface area (TPSA) is 68.2 Å². The zero-order valence-corrected chi connectivity index (χ0v) is 23.9. The van der Waals surface area contributed by atoms with Gasteiger partial charge in [0.2, 0.25) is 0 Å². The standard InChI is InChI=1S/C36H38O5/c1-4-5-9-16-32(37)17-12-6-7-13-18-33(38)27-28-41-36(29-14-10-8-11-15-29,30-19-23-34(39-2)24-20-30)31-21-25-35(40-3)26-22-31/h5-11,14-15,19-26,32-33,37-38H,4,16,27-28H2,1-3H3/b7-6+,9-5-/t32-,33+/m0/s1. The molecule has 2 atom stereocenters. The third kappa shape index (κ3) is 9.13. The monoisotopic (exact) mass is 550 g/mol. The van der Waals surface area contributed by atoms with Crippen molar-refractivity contribution >= 4 is 0 Å². The minimum atomic E-state index is -0.949. The van der Waals surface area contributed by atoms with Crippen molar-refractivity contribution in [1.82, 2.24) is 0 Å². The molecule has 0 amide bonds. The predicted molar refractivity (Wildman–Crippen MR) is 164 cm³/mol. The van der Waals surface area contributed by atoms with Gasteiger partial charge >= 0.3 is 0 Å². The second kappa shape index (κ2) is 16.8. The fourth-order valence-corrected chi connectivity index (χ4v) is 4.29. The Morgan fingerprint density at radius 2 is 1.22 bits per heavy atom. The minimum absolute atomic E-state index is 0.240. The van der Waals surface area contributed by atoms with Gasteiger partial charge in [-0.3, -0.25) is 0 Å². The van der Waals surface area contributed by atoms with Crippen LogP contribution in [0.25, 0.3) is 0 Å². The Morgan fingerprint density at radius 3 is 1.73 bits per heavy atom. The van der Waals surface area contributed by atoms with Gasteiger partial charge in [0.05, 0.1) is 20.8 Å². The Morgan fingerprint density at radius 1 is 0.707 bits per heavy atom. The minimum Gasteiger partial charge on any atom is -0.497 e. The number of ether oxygens (including phenoxy) is 3. The van der Waals surface area contributed by atoms with Crippen molar-refractivity contribution in [1.29, 1.82) is 0 Å². The van der Waals surface area contributed by atoms with Crippen molar-refractivity contribution in [3.63, 3.8) is 0 Å². The fourth-order valence-electron chi connectivity index (χ4n) is 4.29. The van der Waals surface area contributed by atoms with Crippen LogP contribution in [-0.4, -0.2) is 43.2 Å². The average Bonchev–Trinajstić information content (AvgIpc) is 3.02. The van der Waals surface area contributed by atoms with E-state index >= 15 is 0 Å². The average molecular weight is 551 g/mol. The third-order valence-corrected chi connectivity index (χ3v) is 6.39. The van der Waals surface area contributed by atoms with Crippen molar-refractivity contribution in [3.8, 4) is 35.2 Å². The van der Waals surface area contributed by atoms with E-state index in [4.69, 9.17) is 14.2 Å². The number of benzene rings is 3. The van der Waals surface area contributed by atoms with E-state index in [-0.39, 0.29) is 6.61 Å². The molecule has 3 aromatic rings. The molecule has 0 unspecified atom stereocenters. The van der Waals surface area contributed by atoms with E-state index in [0.29, 0.717) is 12.8 Å². The van der Waals surface area contributed by atoms with Crippen molar-refractivity contribution in [2.24, 2.45) is 0 Å². The lowest BCUT2D eigenvalue weighted by atomic mass is 9.80. The normalized spacial score (nSPS) is 12.7. The highest BCUT2D eigenvalue weighted by atomic mass is 16.5. The lowest BCUT2D eigenvalue weighted by Crippen LogP contribution is -2.34. The van der Waals surface area contributed by atoms with Gasteiger partial charge in [-0.15, -0.1) is 0 Å². The molecule has 0 bridgehead atoms. The molecule has 0 heterocycles. The lowest BCUT2D eigenvalue weighted by molar-refractivity contribution is 0.000748. The van der Waals surface area contributed by atoms with Gasteiger partial charge in [-0.05, 0) is 59.5 Å². The number of hydrogen-bond donors (Lipinski definition) is 2. The molecule has 0 spiro atoms. The number of aliphatic hydroxyl groups is 2. The molecule has 0 aliphatic heterocycles. The van der Waals surface area contributed by atoms with Crippen LogP contribution in [0, 0.1) is 23.7 Å². The van der Waals surface area contributed by atoms with Crippen LogP contribution in [0.2, 0.25) is 0 Å². The molecule has 3 aromatic carbocycles. The number of rotatable bonds is 12. The summed E-state index contributed by atoms with van der Waals surface area (Å²) in [6, 6.07) is 25.6. The van der Waals surface area contributed by atoms with Gasteiger partial charge in [-0.25, -0.2) is 0 Å². The first kappa shape index (κ1) is 31.3. The van der Waals surface area contributed by atoms with Gasteiger partial charge in [-0.1, -0.05) is 97.4 Å². The second-order valence-electron chi connectivity index (χ2n) is 9.20. The first-order valence-electron chi connectivity index (χ1n) is 13.7. The van der Waals surface area contributed by atoms with Crippen LogP contribution in [0.4, 0.5) is 0 Å². The summed E-state index contributed by atoms with van der Waals surface area (Å²) < 4.78 is 17.5. The molecule has 41 heavy (non-hydrogen) atoms. The molecule has 5 heteroatoms. The molecule has 3 rings (SSSR count). The summed E-state index contributed by atoms with van der Waals surface area (Å²) in [7, 11) is 3.28. The van der Waals surface area contributed by atoms with Gasteiger partial charge in [0.15, 0.2) is 0 Å². The summed E-state index contributed by atoms with van der Waals surface area (Å²) in [6.07, 6.45) is 7.17. The molecule has 0 aliphatic carbocycles. The molecule has 0 radical (unpaired) electrons. The Labute approximate surface area is 244 Å². The van der Waals surface area contributed by atoms with Gasteiger partial charge in [0, 0.05) is 12.8 Å². The van der Waals surface area contributed by atoms with Crippen LogP contribution in [-0.2, 0) is 10.3 Å². The molecule has 0 aromatic heterocycles. The first-order chi connectivity index (χ1) is 20.0. The van der Waals surface area contributed by atoms with E-state index < -0.39 is 17.8 Å². The third-order valence-electron chi connectivity index (χ3n) is 6.39. The maximum atomic E-state index is 10.6. The summed E-state index contributed by atoms with van der Waals surface area (Å²) in [5.74, 6) is 12.6. The first-order valence-corrected chi connectivity index (χ1v) is 13.7. The number of hydrogen-bond acceptors (Lipinski definition) is 5. The van der Waals surface area contributed by atoms with E-state index in [1.807, 2.05) is 97.9 Å². The predicted octanol–water partition coefficient (Wildman–Crippen LogP) is 6.04. The molecule has 5 nitrogen and oxygen atoms in total. The van der Waals surface area contributed by atoms with Crippen LogP contribution in [0.15, 0.2) is 103 Å². The van der Waals surface area contributed by atoms with E-state index in [2.05, 4.69) is 23.7 Å².